The molecule has 0 saturated heterocycles. The second kappa shape index (κ2) is 21.1. The van der Waals surface area contributed by atoms with Gasteiger partial charge < -0.3 is 20.1 Å². The molecule has 0 aliphatic heterocycles. The number of allylic oxidation sites excluding steroid dienone is 2. The van der Waals surface area contributed by atoms with Crippen LogP contribution in [0.1, 0.15) is 132 Å². The Morgan fingerprint density at radius 1 is 0.900 bits per heavy atom. The van der Waals surface area contributed by atoms with E-state index in [4.69, 9.17) is 9.84 Å². The van der Waals surface area contributed by atoms with Gasteiger partial charge in [0.2, 0.25) is 5.91 Å². The third kappa shape index (κ3) is 13.9. The van der Waals surface area contributed by atoms with Gasteiger partial charge in [-0.15, -0.1) is 13.2 Å². The van der Waals surface area contributed by atoms with Crippen molar-refractivity contribution in [3.05, 3.63) is 60.7 Å². The van der Waals surface area contributed by atoms with Gasteiger partial charge in [0.1, 0.15) is 0 Å². The molecule has 0 spiro atoms. The van der Waals surface area contributed by atoms with Gasteiger partial charge in [-0.05, 0) is 78.4 Å². The van der Waals surface area contributed by atoms with Gasteiger partial charge in [0.25, 0.3) is 0 Å². The molecule has 0 aliphatic carbocycles. The lowest BCUT2D eigenvalue weighted by Crippen LogP contribution is -2.59. The zero-order valence-electron chi connectivity index (χ0n) is 33.7. The second-order valence-corrected chi connectivity index (χ2v) is 17.3. The van der Waals surface area contributed by atoms with Crippen molar-refractivity contribution in [2.24, 2.45) is 27.1 Å². The lowest BCUT2D eigenvalue weighted by Gasteiger charge is -2.60. The first-order chi connectivity index (χ1) is 23.0. The van der Waals surface area contributed by atoms with Gasteiger partial charge in [-0.1, -0.05) is 106 Å². The molecule has 1 amide bonds. The van der Waals surface area contributed by atoms with Crippen LogP contribution in [0.5, 0.6) is 0 Å². The van der Waals surface area contributed by atoms with E-state index in [2.05, 4.69) is 132 Å². The molecule has 286 valence electrons. The molecule has 0 bridgehead atoms. The third-order valence-corrected chi connectivity index (χ3v) is 11.3. The molecular formula is C42H72N2O5S. The number of esters is 1. The Bertz CT molecular complexity index is 1210. The summed E-state index contributed by atoms with van der Waals surface area (Å²) in [5, 5.41) is 11.1. The molecule has 8 heteroatoms. The number of thiol groups is 1. The minimum Gasteiger partial charge on any atom is -0.481 e. The van der Waals surface area contributed by atoms with E-state index in [1.165, 1.54) is 11.1 Å². The van der Waals surface area contributed by atoms with Crippen LogP contribution in [0.25, 0.3) is 0 Å². The topological polar surface area (TPSA) is 95.9 Å². The standard InChI is InChI=1S/C37H64N2O3S.C5H8O2/c1-14-15-17-31(40)39(24-22-38-13)23-16-25-42-32(41)37(12,34(5,6)7)36(10,11)35(8,9)30(26-33(2,3)4)29-20-18-28(27-43)19-21-29;1-2-3-4-5(6)7/h14,18-21,30,38,43H,1,15-17,22-27H2,2-13H3;2H,1,3-4H2,(H,6,7). The predicted octanol–water partition coefficient (Wildman–Crippen LogP) is 9.73. The van der Waals surface area contributed by atoms with Crippen LogP contribution in [-0.4, -0.2) is 61.1 Å². The number of likely N-dealkylation sites (N-methyl/N-ethyl adjacent to an activating group) is 1. The molecule has 0 saturated carbocycles. The number of carboxylic acid groups (broad SMARTS) is 1. The van der Waals surface area contributed by atoms with Crippen LogP contribution in [0.15, 0.2) is 49.6 Å². The normalized spacial score (nSPS) is 14.0. The Kier molecular flexibility index (Phi) is 20.0. The maximum atomic E-state index is 14.3. The highest BCUT2D eigenvalue weighted by atomic mass is 32.1. The minimum atomic E-state index is -0.795. The van der Waals surface area contributed by atoms with Crippen LogP contribution in [-0.2, 0) is 24.9 Å². The lowest BCUT2D eigenvalue weighted by molar-refractivity contribution is -0.187. The van der Waals surface area contributed by atoms with Crippen molar-refractivity contribution in [1.29, 1.82) is 0 Å². The van der Waals surface area contributed by atoms with E-state index in [1.54, 1.807) is 12.2 Å². The van der Waals surface area contributed by atoms with Crippen LogP contribution >= 0.6 is 12.6 Å². The van der Waals surface area contributed by atoms with Crippen molar-refractivity contribution in [2.45, 2.75) is 126 Å². The molecule has 0 radical (unpaired) electrons. The lowest BCUT2D eigenvalue weighted by atomic mass is 9.43. The number of hydrogen-bond donors (Lipinski definition) is 3. The van der Waals surface area contributed by atoms with Crippen molar-refractivity contribution >= 4 is 30.5 Å². The van der Waals surface area contributed by atoms with Gasteiger partial charge in [0.05, 0.1) is 12.0 Å². The van der Waals surface area contributed by atoms with Gasteiger partial charge >= 0.3 is 11.9 Å². The molecule has 1 aromatic rings. The maximum absolute atomic E-state index is 14.3. The summed E-state index contributed by atoms with van der Waals surface area (Å²) in [6.45, 7) is 33.9. The Hall–Kier alpha value is -2.58. The average Bonchev–Trinajstić information content (AvgIpc) is 3.03. The summed E-state index contributed by atoms with van der Waals surface area (Å²) in [7, 11) is 1.88. The fourth-order valence-corrected chi connectivity index (χ4v) is 6.83. The number of aliphatic carboxylic acids is 1. The molecule has 2 unspecified atom stereocenters. The zero-order valence-corrected chi connectivity index (χ0v) is 34.6. The van der Waals surface area contributed by atoms with E-state index in [9.17, 15) is 14.4 Å². The number of rotatable bonds is 20. The number of hydrogen-bond acceptors (Lipinski definition) is 6. The van der Waals surface area contributed by atoms with Gasteiger partial charge in [0, 0.05) is 38.2 Å². The Morgan fingerprint density at radius 3 is 1.86 bits per heavy atom. The van der Waals surface area contributed by atoms with Crippen molar-refractivity contribution in [3.63, 3.8) is 0 Å². The highest BCUT2D eigenvalue weighted by molar-refractivity contribution is 7.79. The molecular weight excluding hydrogens is 645 g/mol. The smallest absolute Gasteiger partial charge is 0.312 e. The van der Waals surface area contributed by atoms with Crippen LogP contribution in [0, 0.1) is 27.1 Å². The van der Waals surface area contributed by atoms with Crippen molar-refractivity contribution in [3.8, 4) is 0 Å². The fraction of sp³-hybridized carbons (Fsp3) is 0.690. The first kappa shape index (κ1) is 47.4. The summed E-state index contributed by atoms with van der Waals surface area (Å²) >= 11 is 4.47. The minimum absolute atomic E-state index is 0.0984. The number of carboxylic acids is 1. The average molecular weight is 717 g/mol. The number of nitrogens with one attached hydrogen (secondary N) is 1. The number of amides is 1. The maximum Gasteiger partial charge on any atom is 0.312 e. The van der Waals surface area contributed by atoms with Crippen molar-refractivity contribution in [1.82, 2.24) is 10.2 Å². The van der Waals surface area contributed by atoms with Gasteiger partial charge in [0.15, 0.2) is 0 Å². The summed E-state index contributed by atoms with van der Waals surface area (Å²) in [6, 6.07) is 8.87. The fourth-order valence-electron chi connectivity index (χ4n) is 6.62. The summed E-state index contributed by atoms with van der Waals surface area (Å²) in [5.41, 5.74) is 0.710. The molecule has 0 heterocycles. The number of carbonyl (C=O) groups is 3. The SMILES string of the molecule is C=CCCC(=O)N(CCCOC(=O)C(C)(C(C)(C)C)C(C)(C)C(C)(C)C(CC(C)(C)C)c1ccc(CS)cc1)CCNC.C=CCCC(=O)O. The first-order valence-electron chi connectivity index (χ1n) is 18.2. The summed E-state index contributed by atoms with van der Waals surface area (Å²) in [6.07, 6.45) is 6.83. The number of benzene rings is 1. The van der Waals surface area contributed by atoms with E-state index < -0.39 is 16.8 Å². The second-order valence-electron chi connectivity index (χ2n) is 17.0. The van der Waals surface area contributed by atoms with E-state index in [0.717, 1.165) is 13.0 Å². The van der Waals surface area contributed by atoms with Crippen LogP contribution < -0.4 is 5.32 Å². The highest BCUT2D eigenvalue weighted by Gasteiger charge is 2.62. The molecule has 1 aromatic carbocycles. The van der Waals surface area contributed by atoms with Crippen molar-refractivity contribution in [2.75, 3.05) is 33.3 Å². The summed E-state index contributed by atoms with van der Waals surface area (Å²) in [4.78, 5) is 38.6. The first-order valence-corrected chi connectivity index (χ1v) is 18.8. The van der Waals surface area contributed by atoms with Crippen LogP contribution in [0.2, 0.25) is 0 Å². The van der Waals surface area contributed by atoms with Crippen molar-refractivity contribution < 1.29 is 24.2 Å². The van der Waals surface area contributed by atoms with Gasteiger partial charge in [-0.3, -0.25) is 14.4 Å². The largest absolute Gasteiger partial charge is 0.481 e. The molecule has 50 heavy (non-hydrogen) atoms. The summed E-state index contributed by atoms with van der Waals surface area (Å²) < 4.78 is 6.13. The third-order valence-electron chi connectivity index (χ3n) is 10.9. The zero-order chi connectivity index (χ0) is 39.0. The van der Waals surface area contributed by atoms with E-state index in [0.29, 0.717) is 44.5 Å². The number of nitrogens with zero attached hydrogens (tertiary/aromatic N) is 1. The van der Waals surface area contributed by atoms with E-state index >= 15 is 0 Å². The Labute approximate surface area is 311 Å². The highest BCUT2D eigenvalue weighted by Crippen LogP contribution is 2.64. The van der Waals surface area contributed by atoms with E-state index in [1.807, 2.05) is 11.9 Å². The Morgan fingerprint density at radius 2 is 1.44 bits per heavy atom. The van der Waals surface area contributed by atoms with Gasteiger partial charge in [-0.25, -0.2) is 0 Å². The predicted molar refractivity (Wildman–Crippen MR) is 214 cm³/mol. The van der Waals surface area contributed by atoms with Crippen LogP contribution in [0.3, 0.4) is 0 Å². The molecule has 0 aromatic heterocycles. The van der Waals surface area contributed by atoms with Gasteiger partial charge in [-0.2, -0.15) is 12.6 Å². The quantitative estimate of drug-likeness (QED) is 0.0538. The Balaban J connectivity index is 0.00000308. The monoisotopic (exact) mass is 717 g/mol. The summed E-state index contributed by atoms with van der Waals surface area (Å²) in [5.74, 6) is 0.102. The number of ether oxygens (including phenoxy) is 1. The molecule has 0 fully saturated rings. The molecule has 7 nitrogen and oxygen atoms in total. The number of carbonyl (C=O) groups excluding carboxylic acids is 2. The van der Waals surface area contributed by atoms with Crippen LogP contribution in [0.4, 0.5) is 0 Å². The van der Waals surface area contributed by atoms with E-state index in [-0.39, 0.29) is 47.1 Å². The molecule has 2 atom stereocenters. The molecule has 1 rings (SSSR count). The molecule has 2 N–H and O–H groups in total. The molecule has 0 aliphatic rings.